The van der Waals surface area contributed by atoms with Gasteiger partial charge in [-0.25, -0.2) is 9.97 Å². The maximum Gasteiger partial charge on any atom is 0.239 e. The number of nitrogens with one attached hydrogen (secondary N) is 2. The molecule has 0 bridgehead atoms. The minimum atomic E-state index is -0.322. The molecule has 0 radical (unpaired) electrons. The molecule has 0 saturated heterocycles. The number of imidazole rings is 1. The van der Waals surface area contributed by atoms with Crippen molar-refractivity contribution in [1.29, 1.82) is 0 Å². The summed E-state index contributed by atoms with van der Waals surface area (Å²) in [6.07, 6.45) is 1.67. The van der Waals surface area contributed by atoms with Crippen molar-refractivity contribution in [2.45, 2.75) is 31.2 Å². The molecule has 30 heavy (non-hydrogen) atoms. The van der Waals surface area contributed by atoms with E-state index in [2.05, 4.69) is 77.7 Å². The monoisotopic (exact) mass is 434 g/mol. The van der Waals surface area contributed by atoms with Crippen molar-refractivity contribution in [3.63, 3.8) is 0 Å². The molecule has 2 N–H and O–H groups in total. The quantitative estimate of drug-likeness (QED) is 0.369. The molecule has 2 aromatic heterocycles. The standard InChI is InChI=1S/C23H22N4OS2/c1-14-4-8-17(9-5-14)19-20(18-10-6-15(2)7-11-18)26-23(25-19)30-16(3)21(28)27-22-24-12-13-29-22/h4-13,16H,1-3H3,(H,25,26)(H,24,27,28). The number of nitrogens with zero attached hydrogens (tertiary/aromatic N) is 2. The Bertz CT molecular complexity index is 1070. The summed E-state index contributed by atoms with van der Waals surface area (Å²) >= 11 is 2.80. The summed E-state index contributed by atoms with van der Waals surface area (Å²) < 4.78 is 0. The smallest absolute Gasteiger partial charge is 0.239 e. The van der Waals surface area contributed by atoms with E-state index in [4.69, 9.17) is 4.98 Å². The molecule has 152 valence electrons. The van der Waals surface area contributed by atoms with Crippen LogP contribution in [0.3, 0.4) is 0 Å². The van der Waals surface area contributed by atoms with E-state index in [-0.39, 0.29) is 11.2 Å². The number of aromatic nitrogens is 3. The van der Waals surface area contributed by atoms with E-state index in [0.717, 1.165) is 22.5 Å². The Kier molecular flexibility index (Phi) is 6.01. The predicted octanol–water partition coefficient (Wildman–Crippen LogP) is 5.94. The third-order valence-electron chi connectivity index (χ3n) is 4.67. The van der Waals surface area contributed by atoms with Gasteiger partial charge in [0.25, 0.3) is 0 Å². The summed E-state index contributed by atoms with van der Waals surface area (Å²) in [6, 6.07) is 16.7. The summed E-state index contributed by atoms with van der Waals surface area (Å²) in [5.41, 5.74) is 6.35. The first-order chi connectivity index (χ1) is 14.5. The normalized spacial score (nSPS) is 12.0. The van der Waals surface area contributed by atoms with E-state index < -0.39 is 0 Å². The number of hydrogen-bond donors (Lipinski definition) is 2. The van der Waals surface area contributed by atoms with Crippen molar-refractivity contribution >= 4 is 34.1 Å². The minimum absolute atomic E-state index is 0.0971. The average molecular weight is 435 g/mol. The SMILES string of the molecule is Cc1ccc(-c2nc(SC(C)C(=O)Nc3nccs3)[nH]c2-c2ccc(C)cc2)cc1. The lowest BCUT2D eigenvalue weighted by molar-refractivity contribution is -0.115. The van der Waals surface area contributed by atoms with Crippen molar-refractivity contribution < 1.29 is 4.79 Å². The third kappa shape index (κ3) is 4.63. The van der Waals surface area contributed by atoms with Crippen molar-refractivity contribution in [2.24, 2.45) is 0 Å². The lowest BCUT2D eigenvalue weighted by atomic mass is 10.0. The van der Waals surface area contributed by atoms with E-state index in [1.807, 2.05) is 12.3 Å². The van der Waals surface area contributed by atoms with Crippen LogP contribution in [-0.4, -0.2) is 26.1 Å². The van der Waals surface area contributed by atoms with Crippen LogP contribution in [0.25, 0.3) is 22.5 Å². The highest BCUT2D eigenvalue weighted by molar-refractivity contribution is 8.00. The summed E-state index contributed by atoms with van der Waals surface area (Å²) in [5.74, 6) is -0.0971. The van der Waals surface area contributed by atoms with Gasteiger partial charge in [0.15, 0.2) is 10.3 Å². The van der Waals surface area contributed by atoms with Gasteiger partial charge in [-0.3, -0.25) is 4.79 Å². The second-order valence-corrected chi connectivity index (χ2v) is 9.31. The Morgan fingerprint density at radius 1 is 1.03 bits per heavy atom. The number of rotatable bonds is 6. The highest BCUT2D eigenvalue weighted by Crippen LogP contribution is 2.34. The molecule has 0 fully saturated rings. The van der Waals surface area contributed by atoms with Gasteiger partial charge in [0.2, 0.25) is 5.91 Å². The largest absolute Gasteiger partial charge is 0.332 e. The average Bonchev–Trinajstić information content (AvgIpc) is 3.39. The number of thiazole rings is 1. The second kappa shape index (κ2) is 8.85. The van der Waals surface area contributed by atoms with E-state index in [9.17, 15) is 4.79 Å². The zero-order chi connectivity index (χ0) is 21.1. The van der Waals surface area contributed by atoms with Gasteiger partial charge in [-0.1, -0.05) is 71.4 Å². The Hall–Kier alpha value is -2.90. The van der Waals surface area contributed by atoms with Crippen LogP contribution in [0.1, 0.15) is 18.1 Å². The summed E-state index contributed by atoms with van der Waals surface area (Å²) in [6.45, 7) is 6.01. The molecular weight excluding hydrogens is 412 g/mol. The molecule has 1 amide bonds. The van der Waals surface area contributed by atoms with Crippen LogP contribution >= 0.6 is 23.1 Å². The Morgan fingerprint density at radius 2 is 1.67 bits per heavy atom. The molecule has 0 aliphatic heterocycles. The van der Waals surface area contributed by atoms with Crippen molar-refractivity contribution in [3.8, 4) is 22.5 Å². The fourth-order valence-corrected chi connectivity index (χ4v) is 4.31. The lowest BCUT2D eigenvalue weighted by Crippen LogP contribution is -2.22. The molecule has 1 atom stereocenters. The first-order valence-electron chi connectivity index (χ1n) is 9.60. The van der Waals surface area contributed by atoms with E-state index in [1.165, 1.54) is 34.2 Å². The van der Waals surface area contributed by atoms with Gasteiger partial charge in [-0.2, -0.15) is 0 Å². The highest BCUT2D eigenvalue weighted by Gasteiger charge is 2.20. The van der Waals surface area contributed by atoms with E-state index in [1.54, 1.807) is 6.20 Å². The summed E-state index contributed by atoms with van der Waals surface area (Å²) in [7, 11) is 0. The number of aryl methyl sites for hydroxylation is 2. The van der Waals surface area contributed by atoms with Crippen LogP contribution in [0, 0.1) is 13.8 Å². The summed E-state index contributed by atoms with van der Waals surface area (Å²) in [4.78, 5) is 24.9. The molecule has 5 nitrogen and oxygen atoms in total. The zero-order valence-corrected chi connectivity index (χ0v) is 18.6. The number of aromatic amines is 1. The minimum Gasteiger partial charge on any atom is -0.332 e. The Morgan fingerprint density at radius 3 is 2.27 bits per heavy atom. The molecule has 1 unspecified atom stereocenters. The van der Waals surface area contributed by atoms with Gasteiger partial charge in [0.1, 0.15) is 0 Å². The highest BCUT2D eigenvalue weighted by atomic mass is 32.2. The number of carbonyl (C=O) groups is 1. The first kappa shape index (κ1) is 20.4. The van der Waals surface area contributed by atoms with Crippen LogP contribution < -0.4 is 5.32 Å². The number of amides is 1. The number of benzene rings is 2. The molecule has 2 heterocycles. The molecule has 0 aliphatic carbocycles. The fourth-order valence-electron chi connectivity index (χ4n) is 2.97. The lowest BCUT2D eigenvalue weighted by Gasteiger charge is -2.08. The number of H-pyrrole nitrogens is 1. The van der Waals surface area contributed by atoms with Gasteiger partial charge in [-0.05, 0) is 20.8 Å². The van der Waals surface area contributed by atoms with Crippen molar-refractivity contribution in [2.75, 3.05) is 5.32 Å². The number of anilines is 1. The maximum absolute atomic E-state index is 12.5. The van der Waals surface area contributed by atoms with Crippen molar-refractivity contribution in [3.05, 3.63) is 71.2 Å². The molecule has 0 aliphatic rings. The van der Waals surface area contributed by atoms with Crippen LogP contribution in [0.4, 0.5) is 5.13 Å². The zero-order valence-electron chi connectivity index (χ0n) is 17.0. The van der Waals surface area contributed by atoms with Gasteiger partial charge >= 0.3 is 0 Å². The number of thioether (sulfide) groups is 1. The van der Waals surface area contributed by atoms with Crippen LogP contribution in [0.2, 0.25) is 0 Å². The topological polar surface area (TPSA) is 70.7 Å². The molecule has 0 saturated carbocycles. The van der Waals surface area contributed by atoms with Gasteiger partial charge in [-0.15, -0.1) is 11.3 Å². The molecular formula is C23H22N4OS2. The molecule has 0 spiro atoms. The molecule has 4 rings (SSSR count). The van der Waals surface area contributed by atoms with Crippen LogP contribution in [-0.2, 0) is 4.79 Å². The van der Waals surface area contributed by atoms with Gasteiger partial charge in [0.05, 0.1) is 16.6 Å². The fraction of sp³-hybridized carbons (Fsp3) is 0.174. The Balaban J connectivity index is 1.63. The maximum atomic E-state index is 12.5. The van der Waals surface area contributed by atoms with Gasteiger partial charge < -0.3 is 10.3 Å². The van der Waals surface area contributed by atoms with Crippen LogP contribution in [0.5, 0.6) is 0 Å². The van der Waals surface area contributed by atoms with E-state index in [0.29, 0.717) is 10.3 Å². The molecule has 2 aromatic carbocycles. The first-order valence-corrected chi connectivity index (χ1v) is 11.4. The second-order valence-electron chi connectivity index (χ2n) is 7.08. The Labute approximate surface area is 184 Å². The number of hydrogen-bond acceptors (Lipinski definition) is 5. The van der Waals surface area contributed by atoms with Crippen molar-refractivity contribution in [1.82, 2.24) is 15.0 Å². The molecule has 7 heteroatoms. The number of carbonyl (C=O) groups excluding carboxylic acids is 1. The molecule has 4 aromatic rings. The van der Waals surface area contributed by atoms with Gasteiger partial charge in [0, 0.05) is 22.7 Å². The third-order valence-corrected chi connectivity index (χ3v) is 6.34. The predicted molar refractivity (Wildman–Crippen MR) is 125 cm³/mol. The summed E-state index contributed by atoms with van der Waals surface area (Å²) in [5, 5.41) is 5.67. The van der Waals surface area contributed by atoms with E-state index >= 15 is 0 Å². The van der Waals surface area contributed by atoms with Crippen LogP contribution in [0.15, 0.2) is 65.3 Å².